The van der Waals surface area contributed by atoms with Crippen LogP contribution in [0.3, 0.4) is 0 Å². The third-order valence-corrected chi connectivity index (χ3v) is 1.89. The van der Waals surface area contributed by atoms with E-state index < -0.39 is 23.8 Å². The lowest BCUT2D eigenvalue weighted by atomic mass is 9.96. The summed E-state index contributed by atoms with van der Waals surface area (Å²) in [5.74, 6) is -3.28. The maximum atomic E-state index is 11.4. The molecule has 0 aromatic heterocycles. The Bertz CT molecular complexity index is 306. The van der Waals surface area contributed by atoms with Crippen molar-refractivity contribution in [3.63, 3.8) is 0 Å². The molecule has 5 heteroatoms. The van der Waals surface area contributed by atoms with E-state index in [0.29, 0.717) is 0 Å². The second kappa shape index (κ2) is 7.46. The lowest BCUT2D eigenvalue weighted by molar-refractivity contribution is -0.156. The van der Waals surface area contributed by atoms with Crippen molar-refractivity contribution >= 4 is 11.9 Å². The molecule has 0 aromatic carbocycles. The van der Waals surface area contributed by atoms with Gasteiger partial charge in [0.2, 0.25) is 0 Å². The summed E-state index contributed by atoms with van der Waals surface area (Å²) in [6.45, 7) is 6.72. The second-order valence-electron chi connectivity index (χ2n) is 3.07. The van der Waals surface area contributed by atoms with Gasteiger partial charge < -0.3 is 9.47 Å². The van der Waals surface area contributed by atoms with E-state index in [2.05, 4.69) is 6.58 Å². The van der Waals surface area contributed by atoms with Crippen molar-refractivity contribution in [2.45, 2.75) is 13.8 Å². The molecule has 0 saturated heterocycles. The minimum Gasteiger partial charge on any atom is -0.466 e. The number of carbonyl (C=O) groups excluding carboxylic acids is 2. The maximum Gasteiger partial charge on any atom is 0.324 e. The molecule has 0 rings (SSSR count). The molecule has 0 heterocycles. The monoisotopic (exact) mass is 225 g/mol. The highest BCUT2D eigenvalue weighted by Crippen LogP contribution is 2.14. The van der Waals surface area contributed by atoms with E-state index in [1.807, 2.05) is 0 Å². The van der Waals surface area contributed by atoms with Crippen molar-refractivity contribution in [2.24, 2.45) is 11.8 Å². The van der Waals surface area contributed by atoms with Gasteiger partial charge in [-0.25, -0.2) is 0 Å². The molecule has 0 spiro atoms. The van der Waals surface area contributed by atoms with Crippen LogP contribution in [0, 0.1) is 23.2 Å². The lowest BCUT2D eigenvalue weighted by Crippen LogP contribution is -2.29. The summed E-state index contributed by atoms with van der Waals surface area (Å²) in [4.78, 5) is 22.7. The first-order valence-electron chi connectivity index (χ1n) is 4.92. The van der Waals surface area contributed by atoms with Gasteiger partial charge in [-0.15, -0.1) is 0 Å². The van der Waals surface area contributed by atoms with Gasteiger partial charge >= 0.3 is 11.9 Å². The van der Waals surface area contributed by atoms with Crippen molar-refractivity contribution in [1.82, 2.24) is 0 Å². The molecule has 0 unspecified atom stereocenters. The quantitative estimate of drug-likeness (QED) is 0.499. The fourth-order valence-corrected chi connectivity index (χ4v) is 1.01. The summed E-state index contributed by atoms with van der Waals surface area (Å²) in [7, 11) is 0. The van der Waals surface area contributed by atoms with E-state index in [4.69, 9.17) is 14.7 Å². The van der Waals surface area contributed by atoms with Gasteiger partial charge in [-0.3, -0.25) is 9.59 Å². The fourth-order valence-electron chi connectivity index (χ4n) is 1.01. The van der Waals surface area contributed by atoms with Gasteiger partial charge in [0.1, 0.15) is 6.61 Å². The number of nitriles is 1. The molecular weight excluding hydrogens is 210 g/mol. The van der Waals surface area contributed by atoms with Gasteiger partial charge in [0.15, 0.2) is 5.92 Å². The van der Waals surface area contributed by atoms with Crippen LogP contribution in [0.2, 0.25) is 0 Å². The average molecular weight is 225 g/mol. The molecule has 0 saturated carbocycles. The third-order valence-electron chi connectivity index (χ3n) is 1.89. The normalized spacial score (nSPS) is 13.1. The van der Waals surface area contributed by atoms with E-state index in [1.54, 1.807) is 13.0 Å². The third kappa shape index (κ3) is 4.13. The zero-order valence-electron chi connectivity index (χ0n) is 9.43. The second-order valence-corrected chi connectivity index (χ2v) is 3.07. The van der Waals surface area contributed by atoms with Gasteiger partial charge in [0.25, 0.3) is 0 Å². The fraction of sp³-hybridized carbons (Fsp3) is 0.545. The Morgan fingerprint density at radius 3 is 2.50 bits per heavy atom. The SMILES string of the molecule is C=CCOC(=O)[C@@H](C#N)[C@H](C)C(=O)OCC. The zero-order chi connectivity index (χ0) is 12.6. The molecule has 16 heavy (non-hydrogen) atoms. The Balaban J connectivity index is 4.48. The summed E-state index contributed by atoms with van der Waals surface area (Å²) in [6.07, 6.45) is 1.39. The number of rotatable bonds is 6. The highest BCUT2D eigenvalue weighted by Gasteiger charge is 2.32. The first kappa shape index (κ1) is 14.2. The van der Waals surface area contributed by atoms with Crippen LogP contribution in [-0.2, 0) is 19.1 Å². The van der Waals surface area contributed by atoms with Crippen LogP contribution in [0.25, 0.3) is 0 Å². The molecule has 0 bridgehead atoms. The summed E-state index contributed by atoms with van der Waals surface area (Å²) in [5.41, 5.74) is 0. The van der Waals surface area contributed by atoms with Crippen molar-refractivity contribution in [3.8, 4) is 6.07 Å². The number of hydrogen-bond acceptors (Lipinski definition) is 5. The van der Waals surface area contributed by atoms with E-state index in [1.165, 1.54) is 13.0 Å². The van der Waals surface area contributed by atoms with Crippen LogP contribution in [0.4, 0.5) is 0 Å². The maximum absolute atomic E-state index is 11.4. The van der Waals surface area contributed by atoms with Crippen molar-refractivity contribution in [1.29, 1.82) is 5.26 Å². The summed E-state index contributed by atoms with van der Waals surface area (Å²) >= 11 is 0. The first-order chi connectivity index (χ1) is 7.58. The van der Waals surface area contributed by atoms with Crippen LogP contribution < -0.4 is 0 Å². The van der Waals surface area contributed by atoms with Crippen molar-refractivity contribution < 1.29 is 19.1 Å². The van der Waals surface area contributed by atoms with Crippen LogP contribution in [0.15, 0.2) is 12.7 Å². The lowest BCUT2D eigenvalue weighted by Gasteiger charge is -2.14. The molecule has 0 radical (unpaired) electrons. The Morgan fingerprint density at radius 2 is 2.06 bits per heavy atom. The van der Waals surface area contributed by atoms with Gasteiger partial charge in [0, 0.05) is 0 Å². The molecule has 88 valence electrons. The summed E-state index contributed by atoms with van der Waals surface area (Å²) in [5, 5.41) is 8.80. The van der Waals surface area contributed by atoms with Crippen LogP contribution >= 0.6 is 0 Å². The number of esters is 2. The standard InChI is InChI=1S/C11H15NO4/c1-4-6-16-11(14)9(7-12)8(3)10(13)15-5-2/h4,8-9H,1,5-6H2,2-3H3/t8-,9-/m0/s1. The molecule has 2 atom stereocenters. The minimum atomic E-state index is -1.14. The van der Waals surface area contributed by atoms with E-state index >= 15 is 0 Å². The smallest absolute Gasteiger partial charge is 0.324 e. The predicted octanol–water partition coefficient (Wildman–Crippen LogP) is 1.05. The Hall–Kier alpha value is -1.83. The molecule has 0 aliphatic heterocycles. The molecule has 0 amide bonds. The van der Waals surface area contributed by atoms with Crippen LogP contribution in [-0.4, -0.2) is 25.2 Å². The topological polar surface area (TPSA) is 76.4 Å². The number of hydrogen-bond donors (Lipinski definition) is 0. The van der Waals surface area contributed by atoms with Gasteiger partial charge in [-0.1, -0.05) is 19.6 Å². The van der Waals surface area contributed by atoms with Crippen molar-refractivity contribution in [2.75, 3.05) is 13.2 Å². The van der Waals surface area contributed by atoms with Crippen molar-refractivity contribution in [3.05, 3.63) is 12.7 Å². The number of nitrogens with zero attached hydrogens (tertiary/aromatic N) is 1. The highest BCUT2D eigenvalue weighted by atomic mass is 16.5. The molecule has 0 fully saturated rings. The van der Waals surface area contributed by atoms with E-state index in [0.717, 1.165) is 0 Å². The van der Waals surface area contributed by atoms with Gasteiger partial charge in [0.05, 0.1) is 18.6 Å². The Kier molecular flexibility index (Phi) is 6.61. The molecule has 0 aromatic rings. The summed E-state index contributed by atoms with van der Waals surface area (Å²) in [6, 6.07) is 1.74. The number of ether oxygens (including phenoxy) is 2. The van der Waals surface area contributed by atoms with Crippen LogP contribution in [0.5, 0.6) is 0 Å². The van der Waals surface area contributed by atoms with E-state index in [9.17, 15) is 9.59 Å². The molecular formula is C11H15NO4. The highest BCUT2D eigenvalue weighted by molar-refractivity contribution is 5.83. The molecule has 0 aliphatic rings. The van der Waals surface area contributed by atoms with E-state index in [-0.39, 0.29) is 13.2 Å². The average Bonchev–Trinajstić information content (AvgIpc) is 2.27. The molecule has 0 N–H and O–H groups in total. The Labute approximate surface area is 94.6 Å². The predicted molar refractivity (Wildman–Crippen MR) is 56.1 cm³/mol. The Morgan fingerprint density at radius 1 is 1.44 bits per heavy atom. The van der Waals surface area contributed by atoms with Gasteiger partial charge in [-0.05, 0) is 6.92 Å². The van der Waals surface area contributed by atoms with Gasteiger partial charge in [-0.2, -0.15) is 5.26 Å². The minimum absolute atomic E-state index is 0.0204. The largest absolute Gasteiger partial charge is 0.466 e. The summed E-state index contributed by atoms with van der Waals surface area (Å²) < 4.78 is 9.43. The molecule has 5 nitrogen and oxygen atoms in total. The van der Waals surface area contributed by atoms with Crippen LogP contribution in [0.1, 0.15) is 13.8 Å². The zero-order valence-corrected chi connectivity index (χ0v) is 9.43. The molecule has 0 aliphatic carbocycles. The number of carbonyl (C=O) groups is 2. The first-order valence-corrected chi connectivity index (χ1v) is 4.92.